The minimum absolute atomic E-state index is 0.240. The second-order valence-corrected chi connectivity index (χ2v) is 5.15. The maximum atomic E-state index is 12.0. The molecule has 20 heavy (non-hydrogen) atoms. The minimum atomic E-state index is 0.240. The summed E-state index contributed by atoms with van der Waals surface area (Å²) in [6.45, 7) is 4.58. The lowest BCUT2D eigenvalue weighted by molar-refractivity contribution is -0.135. The van der Waals surface area contributed by atoms with Crippen molar-refractivity contribution in [2.75, 3.05) is 46.4 Å². The van der Waals surface area contributed by atoms with Crippen molar-refractivity contribution in [3.05, 3.63) is 30.1 Å². The van der Waals surface area contributed by atoms with Crippen LogP contribution in [0.1, 0.15) is 12.0 Å². The van der Waals surface area contributed by atoms with Gasteiger partial charge in [0.05, 0.1) is 13.2 Å². The lowest BCUT2D eigenvalue weighted by Gasteiger charge is -2.27. The molecule has 2 heterocycles. The fraction of sp³-hybridized carbons (Fsp3) is 0.600. The molecule has 0 aromatic carbocycles. The summed E-state index contributed by atoms with van der Waals surface area (Å²) in [4.78, 5) is 20.1. The average molecular weight is 277 g/mol. The Labute approximate surface area is 120 Å². The number of amides is 1. The van der Waals surface area contributed by atoms with E-state index in [9.17, 15) is 4.79 Å². The van der Waals surface area contributed by atoms with Crippen LogP contribution in [0.4, 0.5) is 0 Å². The van der Waals surface area contributed by atoms with Gasteiger partial charge in [-0.25, -0.2) is 0 Å². The van der Waals surface area contributed by atoms with Gasteiger partial charge in [-0.2, -0.15) is 0 Å². The van der Waals surface area contributed by atoms with Crippen LogP contribution in [0.15, 0.2) is 24.5 Å². The number of ether oxygens (including phenoxy) is 1. The fourth-order valence-electron chi connectivity index (χ4n) is 2.24. The molecule has 5 nitrogen and oxygen atoms in total. The lowest BCUT2D eigenvalue weighted by Crippen LogP contribution is -2.41. The van der Waals surface area contributed by atoms with Gasteiger partial charge in [-0.15, -0.1) is 0 Å². The Bertz CT molecular complexity index is 405. The zero-order valence-corrected chi connectivity index (χ0v) is 12.1. The molecule has 0 radical (unpaired) electrons. The summed E-state index contributed by atoms with van der Waals surface area (Å²) in [5.74, 6) is 0.240. The standard InChI is InChI=1S/C15H23N3O2/c1-17(8-4-14-2-6-16-7-3-14)9-5-15(19)18-10-12-20-13-11-18/h2-3,6-7H,4-5,8-13H2,1H3. The van der Waals surface area contributed by atoms with E-state index in [0.717, 1.165) is 32.6 Å². The third-order valence-electron chi connectivity index (χ3n) is 3.60. The summed E-state index contributed by atoms with van der Waals surface area (Å²) in [6, 6.07) is 4.07. The molecule has 1 amide bonds. The summed E-state index contributed by atoms with van der Waals surface area (Å²) >= 11 is 0. The van der Waals surface area contributed by atoms with Gasteiger partial charge in [0, 0.05) is 45.0 Å². The van der Waals surface area contributed by atoms with E-state index < -0.39 is 0 Å². The fourth-order valence-corrected chi connectivity index (χ4v) is 2.24. The van der Waals surface area contributed by atoms with Crippen LogP contribution in [-0.4, -0.2) is 67.1 Å². The van der Waals surface area contributed by atoms with Gasteiger partial charge in [0.15, 0.2) is 0 Å². The molecule has 0 spiro atoms. The van der Waals surface area contributed by atoms with E-state index in [0.29, 0.717) is 19.6 Å². The van der Waals surface area contributed by atoms with Gasteiger partial charge < -0.3 is 14.5 Å². The smallest absolute Gasteiger partial charge is 0.224 e. The summed E-state index contributed by atoms with van der Waals surface area (Å²) in [5, 5.41) is 0. The molecule has 5 heteroatoms. The predicted molar refractivity (Wildman–Crippen MR) is 77.5 cm³/mol. The molecule has 1 aromatic heterocycles. The van der Waals surface area contributed by atoms with Crippen LogP contribution in [0.25, 0.3) is 0 Å². The number of likely N-dealkylation sites (N-methyl/N-ethyl adjacent to an activating group) is 1. The van der Waals surface area contributed by atoms with Gasteiger partial charge in [-0.1, -0.05) is 0 Å². The van der Waals surface area contributed by atoms with Crippen LogP contribution >= 0.6 is 0 Å². The van der Waals surface area contributed by atoms with E-state index >= 15 is 0 Å². The number of rotatable bonds is 6. The highest BCUT2D eigenvalue weighted by Crippen LogP contribution is 2.03. The minimum Gasteiger partial charge on any atom is -0.378 e. The average Bonchev–Trinajstić information content (AvgIpc) is 2.52. The lowest BCUT2D eigenvalue weighted by atomic mass is 10.2. The Morgan fingerprint density at radius 2 is 2.00 bits per heavy atom. The van der Waals surface area contributed by atoms with Crippen LogP contribution in [0, 0.1) is 0 Å². The van der Waals surface area contributed by atoms with Crippen LogP contribution in [0.5, 0.6) is 0 Å². The molecule has 1 aliphatic rings. The van der Waals surface area contributed by atoms with Crippen molar-refractivity contribution < 1.29 is 9.53 Å². The Morgan fingerprint density at radius 3 is 2.70 bits per heavy atom. The van der Waals surface area contributed by atoms with Crippen molar-refractivity contribution in [2.45, 2.75) is 12.8 Å². The molecule has 2 rings (SSSR count). The highest BCUT2D eigenvalue weighted by atomic mass is 16.5. The first-order valence-electron chi connectivity index (χ1n) is 7.18. The number of morpholine rings is 1. The maximum absolute atomic E-state index is 12.0. The normalized spacial score (nSPS) is 15.6. The largest absolute Gasteiger partial charge is 0.378 e. The summed E-state index contributed by atoms with van der Waals surface area (Å²) < 4.78 is 5.25. The quantitative estimate of drug-likeness (QED) is 0.772. The molecule has 0 aliphatic carbocycles. The predicted octanol–water partition coefficient (Wildman–Crippen LogP) is 0.805. The Morgan fingerprint density at radius 1 is 1.30 bits per heavy atom. The molecule has 110 valence electrons. The van der Waals surface area contributed by atoms with E-state index in [4.69, 9.17) is 4.74 Å². The van der Waals surface area contributed by atoms with Crippen LogP contribution in [0.3, 0.4) is 0 Å². The molecule has 1 saturated heterocycles. The summed E-state index contributed by atoms with van der Waals surface area (Å²) in [6.07, 6.45) is 5.21. The van der Waals surface area contributed by atoms with Gasteiger partial charge in [0.25, 0.3) is 0 Å². The molecule has 0 unspecified atom stereocenters. The highest BCUT2D eigenvalue weighted by Gasteiger charge is 2.16. The number of carbonyl (C=O) groups is 1. The van der Waals surface area contributed by atoms with Crippen molar-refractivity contribution in [1.29, 1.82) is 0 Å². The van der Waals surface area contributed by atoms with Crippen molar-refractivity contribution in [1.82, 2.24) is 14.8 Å². The van der Waals surface area contributed by atoms with E-state index in [-0.39, 0.29) is 5.91 Å². The van der Waals surface area contributed by atoms with E-state index in [1.165, 1.54) is 5.56 Å². The molecule has 1 fully saturated rings. The number of pyridine rings is 1. The second kappa shape index (κ2) is 7.97. The SMILES string of the molecule is CN(CCC(=O)N1CCOCC1)CCc1ccncc1. The third-order valence-corrected chi connectivity index (χ3v) is 3.60. The van der Waals surface area contributed by atoms with Gasteiger partial charge >= 0.3 is 0 Å². The number of hydrogen-bond donors (Lipinski definition) is 0. The van der Waals surface area contributed by atoms with Crippen LogP contribution < -0.4 is 0 Å². The molecule has 0 saturated carbocycles. The molecular weight excluding hydrogens is 254 g/mol. The molecular formula is C15H23N3O2. The second-order valence-electron chi connectivity index (χ2n) is 5.15. The van der Waals surface area contributed by atoms with E-state index in [1.807, 2.05) is 29.4 Å². The van der Waals surface area contributed by atoms with Gasteiger partial charge in [0.2, 0.25) is 5.91 Å². The molecule has 0 N–H and O–H groups in total. The molecule has 1 aliphatic heterocycles. The van der Waals surface area contributed by atoms with Gasteiger partial charge in [-0.3, -0.25) is 9.78 Å². The van der Waals surface area contributed by atoms with Crippen LogP contribution in [-0.2, 0) is 16.0 Å². The first-order chi connectivity index (χ1) is 9.75. The van der Waals surface area contributed by atoms with Crippen molar-refractivity contribution >= 4 is 5.91 Å². The van der Waals surface area contributed by atoms with Crippen molar-refractivity contribution in [3.8, 4) is 0 Å². The number of carbonyl (C=O) groups excluding carboxylic acids is 1. The molecule has 0 atom stereocenters. The van der Waals surface area contributed by atoms with Crippen LogP contribution in [0.2, 0.25) is 0 Å². The Hall–Kier alpha value is -1.46. The Kier molecular flexibility index (Phi) is 5.95. The first kappa shape index (κ1) is 14.9. The number of hydrogen-bond acceptors (Lipinski definition) is 4. The summed E-state index contributed by atoms with van der Waals surface area (Å²) in [5.41, 5.74) is 1.28. The summed E-state index contributed by atoms with van der Waals surface area (Å²) in [7, 11) is 2.06. The zero-order valence-electron chi connectivity index (χ0n) is 12.1. The van der Waals surface area contributed by atoms with E-state index in [2.05, 4.69) is 16.9 Å². The number of aromatic nitrogens is 1. The molecule has 1 aromatic rings. The van der Waals surface area contributed by atoms with E-state index in [1.54, 1.807) is 0 Å². The zero-order chi connectivity index (χ0) is 14.2. The van der Waals surface area contributed by atoms with Crippen molar-refractivity contribution in [2.24, 2.45) is 0 Å². The van der Waals surface area contributed by atoms with Crippen molar-refractivity contribution in [3.63, 3.8) is 0 Å². The monoisotopic (exact) mass is 277 g/mol. The Balaban J connectivity index is 1.64. The number of nitrogens with zero attached hydrogens (tertiary/aromatic N) is 3. The van der Waals surface area contributed by atoms with Gasteiger partial charge in [-0.05, 0) is 31.2 Å². The maximum Gasteiger partial charge on any atom is 0.224 e. The molecule has 0 bridgehead atoms. The first-order valence-corrected chi connectivity index (χ1v) is 7.18. The highest BCUT2D eigenvalue weighted by molar-refractivity contribution is 5.76. The topological polar surface area (TPSA) is 45.7 Å². The third kappa shape index (κ3) is 4.90. The van der Waals surface area contributed by atoms with Gasteiger partial charge in [0.1, 0.15) is 0 Å².